The van der Waals surface area contributed by atoms with Crippen molar-refractivity contribution in [2.75, 3.05) is 41.9 Å². The number of anilines is 4. The number of aromatic nitrogens is 3. The number of phenols is 1. The van der Waals surface area contributed by atoms with E-state index >= 15 is 0 Å². The molecule has 0 bridgehead atoms. The summed E-state index contributed by atoms with van der Waals surface area (Å²) in [6.45, 7) is 2.59. The lowest BCUT2D eigenvalue weighted by Gasteiger charge is -2.27. The lowest BCUT2D eigenvalue weighted by molar-refractivity contribution is 0.122. The van der Waals surface area contributed by atoms with Gasteiger partial charge in [0.15, 0.2) is 0 Å². The van der Waals surface area contributed by atoms with E-state index in [-0.39, 0.29) is 11.7 Å². The van der Waals surface area contributed by atoms with Crippen LogP contribution in [-0.2, 0) is 4.74 Å². The fourth-order valence-corrected chi connectivity index (χ4v) is 4.40. The normalized spacial score (nSPS) is 13.9. The molecule has 0 saturated carbocycles. The molecule has 1 saturated heterocycles. The lowest BCUT2D eigenvalue weighted by Crippen LogP contribution is -2.37. The number of morpholine rings is 1. The molecule has 184 valence electrons. The fourth-order valence-electron chi connectivity index (χ4n) is 4.40. The average Bonchev–Trinajstić information content (AvgIpc) is 2.95. The number of phenolic OH excluding ortho intramolecular Hbond substituents is 1. The van der Waals surface area contributed by atoms with E-state index < -0.39 is 0 Å². The van der Waals surface area contributed by atoms with Crippen LogP contribution in [0.25, 0.3) is 21.5 Å². The summed E-state index contributed by atoms with van der Waals surface area (Å²) in [5, 5.41) is 22.2. The highest BCUT2D eigenvalue weighted by atomic mass is 16.5. The van der Waals surface area contributed by atoms with E-state index in [2.05, 4.69) is 53.9 Å². The summed E-state index contributed by atoms with van der Waals surface area (Å²) >= 11 is 0. The molecular formula is C28H25N7O2. The molecule has 1 fully saturated rings. The molecule has 1 aromatic heterocycles. The summed E-state index contributed by atoms with van der Waals surface area (Å²) in [6, 6.07) is 25.6. The van der Waals surface area contributed by atoms with Crippen molar-refractivity contribution < 1.29 is 9.84 Å². The van der Waals surface area contributed by atoms with E-state index in [9.17, 15) is 5.11 Å². The van der Waals surface area contributed by atoms with Crippen LogP contribution in [0.4, 0.5) is 23.5 Å². The van der Waals surface area contributed by atoms with Gasteiger partial charge in [0.25, 0.3) is 0 Å². The highest BCUT2D eigenvalue weighted by Gasteiger charge is 2.17. The number of hydrogen-bond acceptors (Lipinski definition) is 9. The van der Waals surface area contributed by atoms with Crippen molar-refractivity contribution in [3.05, 3.63) is 84.4 Å². The third-order valence-electron chi connectivity index (χ3n) is 6.26. The third kappa shape index (κ3) is 4.85. The Morgan fingerprint density at radius 2 is 1.49 bits per heavy atom. The summed E-state index contributed by atoms with van der Waals surface area (Å²) < 4.78 is 5.49. The molecule has 1 aliphatic heterocycles. The maximum absolute atomic E-state index is 10.4. The van der Waals surface area contributed by atoms with Crippen molar-refractivity contribution in [1.82, 2.24) is 15.0 Å². The number of fused-ring (bicyclic) bond motifs is 2. The first-order chi connectivity index (χ1) is 18.2. The molecular weight excluding hydrogens is 466 g/mol. The number of rotatable bonds is 6. The van der Waals surface area contributed by atoms with Crippen LogP contribution in [0.1, 0.15) is 5.56 Å². The van der Waals surface area contributed by atoms with Crippen molar-refractivity contribution in [3.63, 3.8) is 0 Å². The van der Waals surface area contributed by atoms with Gasteiger partial charge in [-0.25, -0.2) is 5.43 Å². The molecule has 1 aliphatic rings. The highest BCUT2D eigenvalue weighted by molar-refractivity contribution is 6.02. The van der Waals surface area contributed by atoms with Crippen molar-refractivity contribution >= 4 is 51.3 Å². The van der Waals surface area contributed by atoms with Crippen LogP contribution in [0.15, 0.2) is 84.0 Å². The molecule has 0 unspecified atom stereocenters. The first-order valence-electron chi connectivity index (χ1n) is 12.1. The standard InChI is InChI=1S/C28H25N7O2/c36-25-13-12-20-7-1-3-9-21(20)23(25)18-29-34-27-31-26(32-28(33-27)35-14-16-37-17-15-35)30-24-11-5-8-19-6-2-4-10-22(19)24/h1-13,18,36H,14-17H2,(H2,30,31,32,33,34)/b29-18+. The van der Waals surface area contributed by atoms with Crippen molar-refractivity contribution in [2.45, 2.75) is 0 Å². The number of aromatic hydroxyl groups is 1. The Kier molecular flexibility index (Phi) is 6.18. The van der Waals surface area contributed by atoms with Gasteiger partial charge >= 0.3 is 0 Å². The summed E-state index contributed by atoms with van der Waals surface area (Å²) in [7, 11) is 0. The number of ether oxygens (including phenoxy) is 1. The number of hydrogen-bond donors (Lipinski definition) is 3. The van der Waals surface area contributed by atoms with Gasteiger partial charge in [0, 0.05) is 29.7 Å². The predicted octanol–water partition coefficient (Wildman–Crippen LogP) is 4.91. The predicted molar refractivity (Wildman–Crippen MR) is 147 cm³/mol. The van der Waals surface area contributed by atoms with Gasteiger partial charge in [0.2, 0.25) is 17.8 Å². The monoisotopic (exact) mass is 491 g/mol. The Balaban J connectivity index is 1.33. The van der Waals surface area contributed by atoms with E-state index in [1.165, 1.54) is 0 Å². The number of hydrazone groups is 1. The van der Waals surface area contributed by atoms with E-state index in [0.717, 1.165) is 27.2 Å². The van der Waals surface area contributed by atoms with Gasteiger partial charge in [-0.2, -0.15) is 20.1 Å². The molecule has 0 spiro atoms. The van der Waals surface area contributed by atoms with Crippen LogP contribution >= 0.6 is 0 Å². The summed E-state index contributed by atoms with van der Waals surface area (Å²) in [5.74, 6) is 1.37. The first-order valence-corrected chi connectivity index (χ1v) is 12.1. The Morgan fingerprint density at radius 3 is 2.32 bits per heavy atom. The maximum atomic E-state index is 10.4. The second kappa shape index (κ2) is 10.1. The smallest absolute Gasteiger partial charge is 0.250 e. The zero-order valence-electron chi connectivity index (χ0n) is 20.0. The van der Waals surface area contributed by atoms with Gasteiger partial charge in [-0.05, 0) is 28.3 Å². The number of benzene rings is 4. The van der Waals surface area contributed by atoms with E-state index in [0.29, 0.717) is 43.8 Å². The summed E-state index contributed by atoms with van der Waals surface area (Å²) in [6.07, 6.45) is 1.58. The van der Waals surface area contributed by atoms with Gasteiger partial charge in [-0.1, -0.05) is 66.7 Å². The van der Waals surface area contributed by atoms with Gasteiger partial charge in [-0.15, -0.1) is 0 Å². The number of nitrogens with one attached hydrogen (secondary N) is 2. The lowest BCUT2D eigenvalue weighted by atomic mass is 10.0. The summed E-state index contributed by atoms with van der Waals surface area (Å²) in [4.78, 5) is 15.9. The second-order valence-electron chi connectivity index (χ2n) is 8.62. The van der Waals surface area contributed by atoms with Crippen molar-refractivity contribution in [1.29, 1.82) is 0 Å². The largest absolute Gasteiger partial charge is 0.507 e. The molecule has 9 nitrogen and oxygen atoms in total. The van der Waals surface area contributed by atoms with Crippen molar-refractivity contribution in [2.24, 2.45) is 5.10 Å². The molecule has 2 heterocycles. The molecule has 0 atom stereocenters. The first kappa shape index (κ1) is 22.7. The minimum absolute atomic E-state index is 0.146. The van der Waals surface area contributed by atoms with Crippen LogP contribution in [0.2, 0.25) is 0 Å². The Morgan fingerprint density at radius 1 is 0.784 bits per heavy atom. The van der Waals surface area contributed by atoms with Gasteiger partial charge < -0.3 is 20.1 Å². The summed E-state index contributed by atoms with van der Waals surface area (Å²) in [5.41, 5.74) is 4.43. The molecule has 9 heteroatoms. The quantitative estimate of drug-likeness (QED) is 0.227. The molecule has 4 aromatic carbocycles. The minimum Gasteiger partial charge on any atom is -0.507 e. The Hall–Kier alpha value is -4.76. The Labute approximate surface area is 213 Å². The van der Waals surface area contributed by atoms with Crippen LogP contribution < -0.4 is 15.6 Å². The topological polar surface area (TPSA) is 108 Å². The Bertz CT molecular complexity index is 1590. The molecule has 37 heavy (non-hydrogen) atoms. The van der Waals surface area contributed by atoms with Gasteiger partial charge in [0.1, 0.15) is 5.75 Å². The van der Waals surface area contributed by atoms with E-state index in [1.807, 2.05) is 54.6 Å². The zero-order valence-corrected chi connectivity index (χ0v) is 20.0. The minimum atomic E-state index is 0.146. The van der Waals surface area contributed by atoms with Crippen LogP contribution in [-0.4, -0.2) is 52.6 Å². The molecule has 0 amide bonds. The van der Waals surface area contributed by atoms with Crippen molar-refractivity contribution in [3.8, 4) is 5.75 Å². The zero-order chi connectivity index (χ0) is 25.0. The van der Waals surface area contributed by atoms with E-state index in [1.54, 1.807) is 12.3 Å². The van der Waals surface area contributed by atoms with Crippen LogP contribution in [0.5, 0.6) is 5.75 Å². The van der Waals surface area contributed by atoms with Gasteiger partial charge in [0.05, 0.1) is 19.4 Å². The molecule has 0 radical (unpaired) electrons. The molecule has 3 N–H and O–H groups in total. The molecule has 0 aliphatic carbocycles. The van der Waals surface area contributed by atoms with Gasteiger partial charge in [-0.3, -0.25) is 0 Å². The number of nitrogens with zero attached hydrogens (tertiary/aromatic N) is 5. The third-order valence-corrected chi connectivity index (χ3v) is 6.26. The maximum Gasteiger partial charge on any atom is 0.250 e. The van der Waals surface area contributed by atoms with Crippen LogP contribution in [0, 0.1) is 0 Å². The molecule has 5 aromatic rings. The average molecular weight is 492 g/mol. The molecule has 6 rings (SSSR count). The van der Waals surface area contributed by atoms with E-state index in [4.69, 9.17) is 4.74 Å². The SMILES string of the molecule is Oc1ccc2ccccc2c1/C=N/Nc1nc(Nc2cccc3ccccc23)nc(N2CCOCC2)n1. The second-order valence-corrected chi connectivity index (χ2v) is 8.62. The fraction of sp³-hybridized carbons (Fsp3) is 0.143. The highest BCUT2D eigenvalue weighted by Crippen LogP contribution is 2.27. The van der Waals surface area contributed by atoms with Crippen LogP contribution in [0.3, 0.4) is 0 Å².